The molecule has 2 aliphatic rings. The van der Waals surface area contributed by atoms with Crippen LogP contribution in [0.15, 0.2) is 12.4 Å². The molecule has 1 aromatic rings. The van der Waals surface area contributed by atoms with Gasteiger partial charge in [-0.2, -0.15) is 11.8 Å². The van der Waals surface area contributed by atoms with Gasteiger partial charge in [0, 0.05) is 37.7 Å². The fourth-order valence-electron chi connectivity index (χ4n) is 2.31. The predicted molar refractivity (Wildman–Crippen MR) is 71.6 cm³/mol. The van der Waals surface area contributed by atoms with Crippen molar-refractivity contribution < 1.29 is 9.18 Å². The Labute approximate surface area is 115 Å². The van der Waals surface area contributed by atoms with Gasteiger partial charge >= 0.3 is 0 Å². The lowest BCUT2D eigenvalue weighted by molar-refractivity contribution is -0.135. The van der Waals surface area contributed by atoms with Crippen LogP contribution in [0.25, 0.3) is 0 Å². The lowest BCUT2D eigenvalue weighted by atomic mass is 9.99. The van der Waals surface area contributed by atoms with Crippen LogP contribution in [0.3, 0.4) is 0 Å². The van der Waals surface area contributed by atoms with Gasteiger partial charge < -0.3 is 9.80 Å². The first-order valence-electron chi connectivity index (χ1n) is 6.33. The minimum absolute atomic E-state index is 0.0387. The van der Waals surface area contributed by atoms with Gasteiger partial charge in [0.1, 0.15) is 0 Å². The smallest absolute Gasteiger partial charge is 0.229 e. The predicted octanol–water partition coefficient (Wildman–Crippen LogP) is 0.627. The van der Waals surface area contributed by atoms with E-state index >= 15 is 0 Å². The molecule has 1 amide bonds. The summed E-state index contributed by atoms with van der Waals surface area (Å²) in [7, 11) is 0. The topological polar surface area (TPSA) is 49.3 Å². The zero-order valence-electron chi connectivity index (χ0n) is 10.5. The number of thioether (sulfide) groups is 1. The Kier molecular flexibility index (Phi) is 3.54. The van der Waals surface area contributed by atoms with E-state index < -0.39 is 5.82 Å². The Morgan fingerprint density at radius 1 is 1.26 bits per heavy atom. The number of amides is 1. The second-order valence-corrected chi connectivity index (χ2v) is 5.97. The van der Waals surface area contributed by atoms with E-state index in [1.807, 2.05) is 21.6 Å². The van der Waals surface area contributed by atoms with Crippen LogP contribution >= 0.6 is 11.8 Å². The number of carbonyl (C=O) groups excluding carboxylic acids is 1. The van der Waals surface area contributed by atoms with Gasteiger partial charge in [-0.25, -0.2) is 14.4 Å². The number of anilines is 1. The van der Waals surface area contributed by atoms with Crippen LogP contribution in [-0.2, 0) is 4.79 Å². The fraction of sp³-hybridized carbons (Fsp3) is 0.583. The first kappa shape index (κ1) is 12.7. The van der Waals surface area contributed by atoms with Gasteiger partial charge in [0.15, 0.2) is 5.82 Å². The van der Waals surface area contributed by atoms with E-state index in [0.29, 0.717) is 19.0 Å². The minimum Gasteiger partial charge on any atom is -0.341 e. The Morgan fingerprint density at radius 3 is 2.53 bits per heavy atom. The molecule has 0 radical (unpaired) electrons. The zero-order chi connectivity index (χ0) is 13.2. The molecular formula is C12H15FN4OS. The Hall–Kier alpha value is -1.37. The molecule has 2 saturated heterocycles. The molecule has 5 nitrogen and oxygen atoms in total. The third kappa shape index (κ3) is 2.65. The van der Waals surface area contributed by atoms with Crippen molar-refractivity contribution in [2.24, 2.45) is 5.92 Å². The molecular weight excluding hydrogens is 267 g/mol. The largest absolute Gasteiger partial charge is 0.341 e. The summed E-state index contributed by atoms with van der Waals surface area (Å²) in [6, 6.07) is 0. The number of hydrogen-bond donors (Lipinski definition) is 0. The molecule has 0 aromatic carbocycles. The van der Waals surface area contributed by atoms with Crippen molar-refractivity contribution in [1.29, 1.82) is 0 Å². The average molecular weight is 282 g/mol. The molecule has 19 heavy (non-hydrogen) atoms. The van der Waals surface area contributed by atoms with Gasteiger partial charge in [-0.3, -0.25) is 4.79 Å². The van der Waals surface area contributed by atoms with Crippen molar-refractivity contribution in [3.8, 4) is 0 Å². The summed E-state index contributed by atoms with van der Waals surface area (Å²) in [5.74, 6) is 2.39. The lowest BCUT2D eigenvalue weighted by Gasteiger charge is -2.41. The third-order valence-electron chi connectivity index (χ3n) is 3.44. The standard InChI is InChI=1S/C12H15FN4OS/c13-10-5-14-12(15-6-10)17-7-9(8-17)11(18)16-1-3-19-4-2-16/h5-6,9H,1-4,7-8H2. The maximum atomic E-state index is 12.7. The number of carbonyl (C=O) groups is 1. The Bertz CT molecular complexity index is 457. The van der Waals surface area contributed by atoms with E-state index in [-0.39, 0.29) is 11.8 Å². The summed E-state index contributed by atoms with van der Waals surface area (Å²) in [5.41, 5.74) is 0. The first-order chi connectivity index (χ1) is 9.24. The molecule has 0 spiro atoms. The maximum Gasteiger partial charge on any atom is 0.229 e. The average Bonchev–Trinajstić information content (AvgIpc) is 2.40. The molecule has 0 unspecified atom stereocenters. The fourth-order valence-corrected chi connectivity index (χ4v) is 3.21. The van der Waals surface area contributed by atoms with Crippen LogP contribution in [0, 0.1) is 11.7 Å². The van der Waals surface area contributed by atoms with Crippen molar-refractivity contribution in [3.05, 3.63) is 18.2 Å². The quantitative estimate of drug-likeness (QED) is 0.796. The monoisotopic (exact) mass is 282 g/mol. The molecule has 7 heteroatoms. The maximum absolute atomic E-state index is 12.7. The number of halogens is 1. The molecule has 2 fully saturated rings. The molecule has 2 aliphatic heterocycles. The van der Waals surface area contributed by atoms with Crippen molar-refractivity contribution in [3.63, 3.8) is 0 Å². The van der Waals surface area contributed by atoms with E-state index in [9.17, 15) is 9.18 Å². The highest BCUT2D eigenvalue weighted by Gasteiger charge is 2.36. The highest BCUT2D eigenvalue weighted by atomic mass is 32.2. The second-order valence-electron chi connectivity index (χ2n) is 4.74. The highest BCUT2D eigenvalue weighted by Crippen LogP contribution is 2.23. The summed E-state index contributed by atoms with van der Waals surface area (Å²) >= 11 is 1.89. The SMILES string of the molecule is O=C(C1CN(c2ncc(F)cn2)C1)N1CCSCC1. The normalized spacial score (nSPS) is 20.3. The molecule has 0 N–H and O–H groups in total. The Balaban J connectivity index is 1.54. The lowest BCUT2D eigenvalue weighted by Crippen LogP contribution is -2.56. The summed E-state index contributed by atoms with van der Waals surface area (Å²) in [6.45, 7) is 2.97. The Morgan fingerprint density at radius 2 is 1.89 bits per heavy atom. The van der Waals surface area contributed by atoms with Gasteiger partial charge in [-0.15, -0.1) is 0 Å². The number of rotatable bonds is 2. The third-order valence-corrected chi connectivity index (χ3v) is 4.39. The van der Waals surface area contributed by atoms with E-state index in [2.05, 4.69) is 9.97 Å². The number of aromatic nitrogens is 2. The van der Waals surface area contributed by atoms with Crippen LogP contribution in [0.4, 0.5) is 10.3 Å². The van der Waals surface area contributed by atoms with Gasteiger partial charge in [0.05, 0.1) is 18.3 Å². The van der Waals surface area contributed by atoms with Crippen LogP contribution in [0.5, 0.6) is 0 Å². The molecule has 3 rings (SSSR count). The van der Waals surface area contributed by atoms with E-state index in [1.165, 1.54) is 0 Å². The number of hydrogen-bond acceptors (Lipinski definition) is 5. The molecule has 0 atom stereocenters. The molecule has 1 aromatic heterocycles. The van der Waals surface area contributed by atoms with E-state index in [1.54, 1.807) is 0 Å². The molecule has 0 saturated carbocycles. The molecule has 0 bridgehead atoms. The van der Waals surface area contributed by atoms with Crippen LogP contribution in [-0.4, -0.2) is 58.5 Å². The van der Waals surface area contributed by atoms with Crippen molar-refractivity contribution >= 4 is 23.6 Å². The zero-order valence-corrected chi connectivity index (χ0v) is 11.3. The summed E-state index contributed by atoms with van der Waals surface area (Å²) in [6.07, 6.45) is 2.30. The van der Waals surface area contributed by atoms with E-state index in [0.717, 1.165) is 37.0 Å². The van der Waals surface area contributed by atoms with Crippen molar-refractivity contribution in [1.82, 2.24) is 14.9 Å². The second kappa shape index (κ2) is 5.32. The summed E-state index contributed by atoms with van der Waals surface area (Å²) in [5, 5.41) is 0. The summed E-state index contributed by atoms with van der Waals surface area (Å²) < 4.78 is 12.7. The highest BCUT2D eigenvalue weighted by molar-refractivity contribution is 7.99. The van der Waals surface area contributed by atoms with Gasteiger partial charge in [0.2, 0.25) is 11.9 Å². The van der Waals surface area contributed by atoms with Crippen molar-refractivity contribution in [2.45, 2.75) is 0 Å². The van der Waals surface area contributed by atoms with Gasteiger partial charge in [0.25, 0.3) is 0 Å². The molecule has 3 heterocycles. The van der Waals surface area contributed by atoms with Gasteiger partial charge in [-0.1, -0.05) is 0 Å². The van der Waals surface area contributed by atoms with Gasteiger partial charge in [-0.05, 0) is 0 Å². The summed E-state index contributed by atoms with van der Waals surface area (Å²) in [4.78, 5) is 23.9. The van der Waals surface area contributed by atoms with Crippen LogP contribution < -0.4 is 4.90 Å². The van der Waals surface area contributed by atoms with Crippen molar-refractivity contribution in [2.75, 3.05) is 42.6 Å². The van der Waals surface area contributed by atoms with Crippen LogP contribution in [0.2, 0.25) is 0 Å². The van der Waals surface area contributed by atoms with Crippen LogP contribution in [0.1, 0.15) is 0 Å². The first-order valence-corrected chi connectivity index (χ1v) is 7.48. The molecule has 0 aliphatic carbocycles. The number of nitrogens with zero attached hydrogens (tertiary/aromatic N) is 4. The minimum atomic E-state index is -0.442. The van der Waals surface area contributed by atoms with E-state index in [4.69, 9.17) is 0 Å². The molecule has 102 valence electrons.